The Morgan fingerprint density at radius 3 is 2.89 bits per heavy atom. The molecule has 1 unspecified atom stereocenters. The Bertz CT molecular complexity index is 547. The van der Waals surface area contributed by atoms with Crippen molar-refractivity contribution in [1.29, 1.82) is 0 Å². The fourth-order valence-electron chi connectivity index (χ4n) is 2.21. The summed E-state index contributed by atoms with van der Waals surface area (Å²) in [5.41, 5.74) is -0.358. The van der Waals surface area contributed by atoms with Crippen LogP contribution in [0.5, 0.6) is 5.75 Å². The lowest BCUT2D eigenvalue weighted by atomic mass is 9.95. The summed E-state index contributed by atoms with van der Waals surface area (Å²) in [5, 5.41) is 10.8. The number of aryl methyl sites for hydroxylation is 1. The third-order valence-electron chi connectivity index (χ3n) is 3.25. The highest BCUT2D eigenvalue weighted by atomic mass is 16.5. The van der Waals surface area contributed by atoms with Crippen molar-refractivity contribution in [3.63, 3.8) is 0 Å². The average Bonchev–Trinajstić information content (AvgIpc) is 2.88. The lowest BCUT2D eigenvalue weighted by Gasteiger charge is -2.24. The van der Waals surface area contributed by atoms with Gasteiger partial charge in [-0.2, -0.15) is 0 Å². The van der Waals surface area contributed by atoms with E-state index in [4.69, 9.17) is 4.74 Å². The molecule has 4 nitrogen and oxygen atoms in total. The molecule has 2 rings (SSSR count). The maximum atomic E-state index is 10.8. The van der Waals surface area contributed by atoms with Crippen LogP contribution in [0.25, 0.3) is 0 Å². The van der Waals surface area contributed by atoms with E-state index in [1.807, 2.05) is 35.0 Å². The van der Waals surface area contributed by atoms with E-state index in [9.17, 15) is 5.11 Å². The highest BCUT2D eigenvalue weighted by molar-refractivity contribution is 5.35. The molecule has 1 N–H and O–H groups in total. The summed E-state index contributed by atoms with van der Waals surface area (Å²) in [4.78, 5) is 4.31. The van der Waals surface area contributed by atoms with Gasteiger partial charge in [-0.3, -0.25) is 0 Å². The van der Waals surface area contributed by atoms with E-state index in [0.717, 1.165) is 24.3 Å². The van der Waals surface area contributed by atoms with Crippen molar-refractivity contribution in [2.45, 2.75) is 32.4 Å². The smallest absolute Gasteiger partial charge is 0.145 e. The molecule has 0 bridgehead atoms. The fourth-order valence-corrected chi connectivity index (χ4v) is 2.21. The van der Waals surface area contributed by atoms with Crippen LogP contribution >= 0.6 is 0 Å². The molecule has 0 amide bonds. The van der Waals surface area contributed by atoms with Crippen molar-refractivity contribution < 1.29 is 9.84 Å². The number of rotatable bonds is 5. The number of imidazole rings is 1. The van der Waals surface area contributed by atoms with Crippen LogP contribution in [0.4, 0.5) is 0 Å². The Labute approximate surface area is 113 Å². The molecule has 2 aromatic rings. The molecule has 0 saturated carbocycles. The summed E-state index contributed by atoms with van der Waals surface area (Å²) in [6.45, 7) is 4.70. The van der Waals surface area contributed by atoms with Gasteiger partial charge in [0.05, 0.1) is 7.11 Å². The van der Waals surface area contributed by atoms with Gasteiger partial charge in [-0.05, 0) is 31.0 Å². The first-order valence-corrected chi connectivity index (χ1v) is 6.48. The molecule has 1 atom stereocenters. The van der Waals surface area contributed by atoms with Crippen molar-refractivity contribution in [2.75, 3.05) is 7.11 Å². The Morgan fingerprint density at radius 2 is 2.21 bits per heavy atom. The number of ether oxygens (including phenoxy) is 1. The quantitative estimate of drug-likeness (QED) is 0.898. The average molecular weight is 260 g/mol. The van der Waals surface area contributed by atoms with Gasteiger partial charge in [0.25, 0.3) is 0 Å². The normalized spacial score (nSPS) is 14.1. The van der Waals surface area contributed by atoms with Crippen molar-refractivity contribution in [3.05, 3.63) is 48.0 Å². The standard InChI is InChI=1S/C15H20N2O2/c1-4-9-17-10-8-16-14(17)15(2,18)12-6-5-7-13(11-12)19-3/h5-8,10-11,18H,4,9H2,1-3H3. The lowest BCUT2D eigenvalue weighted by Crippen LogP contribution is -2.27. The van der Waals surface area contributed by atoms with Crippen LogP contribution in [-0.4, -0.2) is 21.8 Å². The predicted octanol–water partition coefficient (Wildman–Crippen LogP) is 2.56. The summed E-state index contributed by atoms with van der Waals surface area (Å²) < 4.78 is 7.19. The second kappa shape index (κ2) is 5.45. The topological polar surface area (TPSA) is 47.3 Å². The molecule has 19 heavy (non-hydrogen) atoms. The van der Waals surface area contributed by atoms with Crippen LogP contribution in [0.15, 0.2) is 36.7 Å². The van der Waals surface area contributed by atoms with Crippen LogP contribution in [-0.2, 0) is 12.1 Å². The third-order valence-corrected chi connectivity index (χ3v) is 3.25. The maximum absolute atomic E-state index is 10.8. The largest absolute Gasteiger partial charge is 0.497 e. The first kappa shape index (κ1) is 13.6. The minimum atomic E-state index is -1.13. The fraction of sp³-hybridized carbons (Fsp3) is 0.400. The Morgan fingerprint density at radius 1 is 1.42 bits per heavy atom. The first-order chi connectivity index (χ1) is 9.09. The number of aliphatic hydroxyl groups is 1. The summed E-state index contributed by atoms with van der Waals surface area (Å²) >= 11 is 0. The summed E-state index contributed by atoms with van der Waals surface area (Å²) in [7, 11) is 1.62. The third kappa shape index (κ3) is 2.63. The molecular weight excluding hydrogens is 240 g/mol. The Balaban J connectivity index is 2.42. The van der Waals surface area contributed by atoms with E-state index < -0.39 is 5.60 Å². The zero-order valence-corrected chi connectivity index (χ0v) is 11.6. The van der Waals surface area contributed by atoms with Crippen LogP contribution in [0.2, 0.25) is 0 Å². The minimum Gasteiger partial charge on any atom is -0.497 e. The minimum absolute atomic E-state index is 0.655. The molecule has 0 aliphatic rings. The highest BCUT2D eigenvalue weighted by Gasteiger charge is 2.30. The van der Waals surface area contributed by atoms with Gasteiger partial charge in [0.1, 0.15) is 17.2 Å². The molecule has 1 heterocycles. The van der Waals surface area contributed by atoms with Crippen LogP contribution < -0.4 is 4.74 Å². The van der Waals surface area contributed by atoms with E-state index >= 15 is 0 Å². The summed E-state index contributed by atoms with van der Waals surface area (Å²) in [6.07, 6.45) is 4.62. The van der Waals surface area contributed by atoms with Crippen LogP contribution in [0, 0.1) is 0 Å². The Kier molecular flexibility index (Phi) is 3.90. The van der Waals surface area contributed by atoms with Crippen LogP contribution in [0.3, 0.4) is 0 Å². The van der Waals surface area contributed by atoms with E-state index in [0.29, 0.717) is 5.82 Å². The number of aromatic nitrogens is 2. The van der Waals surface area contributed by atoms with Gasteiger partial charge in [-0.1, -0.05) is 19.1 Å². The molecule has 0 aliphatic heterocycles. The van der Waals surface area contributed by atoms with Crippen molar-refractivity contribution in [2.24, 2.45) is 0 Å². The Hall–Kier alpha value is -1.81. The predicted molar refractivity (Wildman–Crippen MR) is 74.2 cm³/mol. The second-order valence-corrected chi connectivity index (χ2v) is 4.75. The number of methoxy groups -OCH3 is 1. The molecule has 0 fully saturated rings. The molecule has 102 valence electrons. The molecule has 4 heteroatoms. The second-order valence-electron chi connectivity index (χ2n) is 4.75. The van der Waals surface area contributed by atoms with Gasteiger partial charge in [0.15, 0.2) is 0 Å². The van der Waals surface area contributed by atoms with Crippen molar-refractivity contribution in [3.8, 4) is 5.75 Å². The van der Waals surface area contributed by atoms with Crippen LogP contribution in [0.1, 0.15) is 31.7 Å². The van der Waals surface area contributed by atoms with Crippen molar-refractivity contribution >= 4 is 0 Å². The molecule has 0 aliphatic carbocycles. The number of nitrogens with zero attached hydrogens (tertiary/aromatic N) is 2. The van der Waals surface area contributed by atoms with Crippen molar-refractivity contribution in [1.82, 2.24) is 9.55 Å². The van der Waals surface area contributed by atoms with Gasteiger partial charge in [-0.15, -0.1) is 0 Å². The monoisotopic (exact) mass is 260 g/mol. The van der Waals surface area contributed by atoms with E-state index in [1.165, 1.54) is 0 Å². The molecule has 1 aromatic heterocycles. The van der Waals surface area contributed by atoms with E-state index in [-0.39, 0.29) is 0 Å². The van der Waals surface area contributed by atoms with Gasteiger partial charge < -0.3 is 14.4 Å². The number of hydrogen-bond donors (Lipinski definition) is 1. The lowest BCUT2D eigenvalue weighted by molar-refractivity contribution is 0.0876. The molecule has 0 radical (unpaired) electrons. The number of hydrogen-bond acceptors (Lipinski definition) is 3. The maximum Gasteiger partial charge on any atom is 0.145 e. The molecule has 1 aromatic carbocycles. The molecular formula is C15H20N2O2. The molecule has 0 saturated heterocycles. The van der Waals surface area contributed by atoms with Gasteiger partial charge in [-0.25, -0.2) is 4.98 Å². The first-order valence-electron chi connectivity index (χ1n) is 6.48. The highest BCUT2D eigenvalue weighted by Crippen LogP contribution is 2.30. The van der Waals surface area contributed by atoms with Gasteiger partial charge in [0, 0.05) is 18.9 Å². The van der Waals surface area contributed by atoms with Gasteiger partial charge in [0.2, 0.25) is 0 Å². The number of benzene rings is 1. The van der Waals surface area contributed by atoms with E-state index in [2.05, 4.69) is 11.9 Å². The SMILES string of the molecule is CCCn1ccnc1C(C)(O)c1cccc(OC)c1. The van der Waals surface area contributed by atoms with E-state index in [1.54, 1.807) is 20.2 Å². The zero-order chi connectivity index (χ0) is 13.9. The van der Waals surface area contributed by atoms with Gasteiger partial charge >= 0.3 is 0 Å². The molecule has 0 spiro atoms. The zero-order valence-electron chi connectivity index (χ0n) is 11.6. The summed E-state index contributed by atoms with van der Waals surface area (Å²) in [6, 6.07) is 7.45. The summed E-state index contributed by atoms with van der Waals surface area (Å²) in [5.74, 6) is 1.38.